The molecule has 0 fully saturated rings. The van der Waals surface area contributed by atoms with Crippen molar-refractivity contribution in [1.29, 1.82) is 0 Å². The van der Waals surface area contributed by atoms with E-state index in [1.165, 1.54) is 6.07 Å². The van der Waals surface area contributed by atoms with E-state index in [2.05, 4.69) is 33.2 Å². The summed E-state index contributed by atoms with van der Waals surface area (Å²) in [5.74, 6) is -1.42. The maximum absolute atomic E-state index is 12.0. The van der Waals surface area contributed by atoms with Gasteiger partial charge in [-0.05, 0) is 19.8 Å². The molecule has 0 aliphatic rings. The number of aryl methyl sites for hydroxylation is 1. The lowest BCUT2D eigenvalue weighted by Gasteiger charge is -2.25. The summed E-state index contributed by atoms with van der Waals surface area (Å²) in [7, 11) is 0. The summed E-state index contributed by atoms with van der Waals surface area (Å²) in [4.78, 5) is 53.5. The van der Waals surface area contributed by atoms with Crippen LogP contribution in [0.5, 0.6) is 0 Å². The molecule has 0 radical (unpaired) electrons. The number of nitrogens with zero attached hydrogens (tertiary/aromatic N) is 1. The highest BCUT2D eigenvalue weighted by Crippen LogP contribution is 2.07. The Labute approximate surface area is 196 Å². The third-order valence-electron chi connectivity index (χ3n) is 4.66. The first-order valence-electron chi connectivity index (χ1n) is 10.5. The highest BCUT2D eigenvalue weighted by molar-refractivity contribution is 7.80. The van der Waals surface area contributed by atoms with Crippen molar-refractivity contribution in [3.05, 3.63) is 27.9 Å². The molecule has 1 heterocycles. The second kappa shape index (κ2) is 14.8. The van der Waals surface area contributed by atoms with Gasteiger partial charge in [0.1, 0.15) is 23.8 Å². The molecule has 0 saturated carbocycles. The van der Waals surface area contributed by atoms with Crippen molar-refractivity contribution >= 4 is 30.2 Å². The second-order valence-electron chi connectivity index (χ2n) is 7.54. The van der Waals surface area contributed by atoms with E-state index in [1.54, 1.807) is 6.92 Å². The smallest absolute Gasteiger partial charge is 0.251 e. The number of aliphatic hydroxyl groups excluding tert-OH is 4. The molecule has 186 valence electrons. The zero-order valence-corrected chi connectivity index (χ0v) is 19.3. The lowest BCUT2D eigenvalue weighted by Crippen LogP contribution is -2.54. The molecular weight excluding hydrogens is 456 g/mol. The van der Waals surface area contributed by atoms with Crippen LogP contribution in [0, 0.1) is 6.92 Å². The number of thiol groups is 1. The van der Waals surface area contributed by atoms with Crippen LogP contribution in [0.3, 0.4) is 0 Å². The van der Waals surface area contributed by atoms with Crippen molar-refractivity contribution in [1.82, 2.24) is 20.6 Å². The average molecular weight is 489 g/mol. The van der Waals surface area contributed by atoms with Crippen LogP contribution in [0.2, 0.25) is 0 Å². The molecule has 1 aromatic rings. The van der Waals surface area contributed by atoms with Gasteiger partial charge < -0.3 is 36.0 Å². The predicted molar refractivity (Wildman–Crippen MR) is 121 cm³/mol. The Bertz CT molecular complexity index is 850. The summed E-state index contributed by atoms with van der Waals surface area (Å²) < 4.78 is 0. The summed E-state index contributed by atoms with van der Waals surface area (Å²) in [5, 5.41) is 43.9. The fraction of sp³-hybridized carbons (Fsp3) is 0.650. The van der Waals surface area contributed by atoms with E-state index in [0.717, 1.165) is 0 Å². The number of nitrogens with one attached hydrogen (secondary N) is 3. The number of H-pyrrole nitrogens is 1. The molecule has 0 aliphatic heterocycles. The van der Waals surface area contributed by atoms with Gasteiger partial charge in [0.2, 0.25) is 0 Å². The molecule has 0 saturated heterocycles. The molecule has 12 nitrogen and oxygen atoms in total. The van der Waals surface area contributed by atoms with Crippen molar-refractivity contribution in [3.8, 4) is 0 Å². The van der Waals surface area contributed by atoms with Gasteiger partial charge in [0.05, 0.1) is 6.42 Å². The minimum atomic E-state index is -2.08. The van der Waals surface area contributed by atoms with Gasteiger partial charge in [0, 0.05) is 37.0 Å². The zero-order chi connectivity index (χ0) is 25.0. The first-order valence-corrected chi connectivity index (χ1v) is 11.2. The number of Topliss-reactive ketones (excluding diaryl/α,β-unsaturated/α-hetero) is 1. The molecular formula is C20H32N4O8S. The van der Waals surface area contributed by atoms with Crippen LogP contribution in [0.4, 0.5) is 0 Å². The predicted octanol–water partition coefficient (Wildman–Crippen LogP) is -2.64. The van der Waals surface area contributed by atoms with Gasteiger partial charge in [0.25, 0.3) is 17.4 Å². The Balaban J connectivity index is 2.29. The summed E-state index contributed by atoms with van der Waals surface area (Å²) in [6.07, 6.45) is -6.33. The Hall–Kier alpha value is -2.32. The van der Waals surface area contributed by atoms with Crippen molar-refractivity contribution in [2.24, 2.45) is 0 Å². The SMILES string of the molecule is Cc1cc(=O)[nH]c(CC(=O)CCCCCNC(=O)[C@H](O)[C@@H](O)[C@@H](O)[C@H](O)C(=O)NCCS)n1. The summed E-state index contributed by atoms with van der Waals surface area (Å²) in [6.45, 7) is 1.93. The van der Waals surface area contributed by atoms with E-state index in [1.807, 2.05) is 0 Å². The number of ketones is 1. The number of unbranched alkanes of at least 4 members (excludes halogenated alkanes) is 2. The number of amides is 2. The lowest BCUT2D eigenvalue weighted by molar-refractivity contribution is -0.155. The lowest BCUT2D eigenvalue weighted by atomic mass is 10.0. The molecule has 0 aromatic carbocycles. The monoisotopic (exact) mass is 488 g/mol. The molecule has 1 aromatic heterocycles. The summed E-state index contributed by atoms with van der Waals surface area (Å²) >= 11 is 3.87. The van der Waals surface area contributed by atoms with Crippen LogP contribution in [-0.2, 0) is 20.8 Å². The van der Waals surface area contributed by atoms with E-state index in [9.17, 15) is 39.6 Å². The van der Waals surface area contributed by atoms with Crippen molar-refractivity contribution in [3.63, 3.8) is 0 Å². The molecule has 13 heteroatoms. The van der Waals surface area contributed by atoms with Gasteiger partial charge in [-0.3, -0.25) is 19.2 Å². The molecule has 0 bridgehead atoms. The minimum absolute atomic E-state index is 0.0264. The Morgan fingerprint density at radius 1 is 1.00 bits per heavy atom. The highest BCUT2D eigenvalue weighted by atomic mass is 32.1. The number of hydrogen-bond acceptors (Lipinski definition) is 10. The number of hydrogen-bond donors (Lipinski definition) is 8. The van der Waals surface area contributed by atoms with E-state index >= 15 is 0 Å². The van der Waals surface area contributed by atoms with Gasteiger partial charge in [0.15, 0.2) is 12.2 Å². The van der Waals surface area contributed by atoms with Crippen molar-refractivity contribution in [2.75, 3.05) is 18.8 Å². The normalized spacial score (nSPS) is 14.7. The maximum atomic E-state index is 12.0. The van der Waals surface area contributed by atoms with Gasteiger partial charge in [-0.25, -0.2) is 4.98 Å². The molecule has 0 aliphatic carbocycles. The standard InChI is InChI=1S/C20H32N4O8S/c1-11-9-14(26)24-13(23-11)10-12(25)5-3-2-4-6-21-19(31)17(29)15(27)16(28)18(30)20(32)22-7-8-33/h9,15-18,27-30,33H,2-8,10H2,1H3,(H,21,31)(H,22,32)(H,23,24,26)/t15-,16+,17+,18-/m0/s1. The molecule has 0 spiro atoms. The van der Waals surface area contributed by atoms with E-state index < -0.39 is 36.2 Å². The van der Waals surface area contributed by atoms with Gasteiger partial charge in [-0.2, -0.15) is 12.6 Å². The van der Waals surface area contributed by atoms with E-state index in [4.69, 9.17) is 0 Å². The zero-order valence-electron chi connectivity index (χ0n) is 18.4. The van der Waals surface area contributed by atoms with Crippen LogP contribution in [0.1, 0.15) is 37.2 Å². The number of aromatic amines is 1. The summed E-state index contributed by atoms with van der Waals surface area (Å²) in [6, 6.07) is 1.34. The largest absolute Gasteiger partial charge is 0.387 e. The Kier molecular flexibility index (Phi) is 12.8. The topological polar surface area (TPSA) is 202 Å². The third kappa shape index (κ3) is 10.4. The molecule has 1 rings (SSSR count). The molecule has 0 unspecified atom stereocenters. The van der Waals surface area contributed by atoms with Gasteiger partial charge in [-0.1, -0.05) is 6.42 Å². The van der Waals surface area contributed by atoms with Gasteiger partial charge >= 0.3 is 0 Å². The van der Waals surface area contributed by atoms with Crippen molar-refractivity contribution < 1.29 is 34.8 Å². The molecule has 4 atom stereocenters. The van der Waals surface area contributed by atoms with Crippen LogP contribution in [0.25, 0.3) is 0 Å². The molecule has 33 heavy (non-hydrogen) atoms. The quantitative estimate of drug-likeness (QED) is 0.0959. The van der Waals surface area contributed by atoms with Crippen LogP contribution < -0.4 is 16.2 Å². The number of rotatable bonds is 15. The van der Waals surface area contributed by atoms with Crippen LogP contribution >= 0.6 is 12.6 Å². The Morgan fingerprint density at radius 3 is 2.12 bits per heavy atom. The second-order valence-corrected chi connectivity index (χ2v) is 7.98. The number of carbonyl (C=O) groups excluding carboxylic acids is 3. The highest BCUT2D eigenvalue weighted by Gasteiger charge is 2.37. The van der Waals surface area contributed by atoms with Crippen molar-refractivity contribution in [2.45, 2.75) is 63.4 Å². The fourth-order valence-electron chi connectivity index (χ4n) is 2.91. The van der Waals surface area contributed by atoms with Crippen LogP contribution in [0.15, 0.2) is 10.9 Å². The number of aromatic nitrogens is 2. The van der Waals surface area contributed by atoms with E-state index in [-0.39, 0.29) is 37.3 Å². The first kappa shape index (κ1) is 28.7. The van der Waals surface area contributed by atoms with E-state index in [0.29, 0.717) is 36.5 Å². The fourth-order valence-corrected chi connectivity index (χ4v) is 3.02. The maximum Gasteiger partial charge on any atom is 0.251 e. The number of carbonyl (C=O) groups is 3. The third-order valence-corrected chi connectivity index (χ3v) is 4.88. The number of aliphatic hydroxyl groups is 4. The summed E-state index contributed by atoms with van der Waals surface area (Å²) in [5.41, 5.74) is 0.218. The minimum Gasteiger partial charge on any atom is -0.387 e. The van der Waals surface area contributed by atoms with Crippen LogP contribution in [-0.4, -0.2) is 91.2 Å². The Morgan fingerprint density at radius 2 is 1.58 bits per heavy atom. The first-order chi connectivity index (χ1) is 15.6. The average Bonchev–Trinajstić information content (AvgIpc) is 2.76. The van der Waals surface area contributed by atoms with Gasteiger partial charge in [-0.15, -0.1) is 0 Å². The molecule has 2 amide bonds. The molecule has 7 N–H and O–H groups in total.